The van der Waals surface area contributed by atoms with Gasteiger partial charge in [-0.3, -0.25) is 4.72 Å². The fraction of sp³-hybridized carbons (Fsp3) is 0.158. The molecule has 1 aromatic heterocycles. The molecule has 3 aromatic rings. The van der Waals surface area contributed by atoms with Crippen molar-refractivity contribution in [2.24, 2.45) is 0 Å². The second-order valence-electron chi connectivity index (χ2n) is 6.35. The summed E-state index contributed by atoms with van der Waals surface area (Å²) in [5.74, 6) is 1.29. The van der Waals surface area contributed by atoms with E-state index in [4.69, 9.17) is 0 Å². The quantitative estimate of drug-likeness (QED) is 0.489. The molecular formula is C19H20IN5O2S. The number of hydrogen-bond donors (Lipinski definition) is 2. The van der Waals surface area contributed by atoms with Gasteiger partial charge in [-0.2, -0.15) is 4.98 Å². The average molecular weight is 509 g/mol. The van der Waals surface area contributed by atoms with E-state index in [1.807, 2.05) is 32.0 Å². The summed E-state index contributed by atoms with van der Waals surface area (Å²) in [5, 5.41) is 3.14. The molecule has 0 radical (unpaired) electrons. The van der Waals surface area contributed by atoms with Crippen LogP contribution in [0.5, 0.6) is 0 Å². The van der Waals surface area contributed by atoms with E-state index in [2.05, 4.69) is 42.6 Å². The Balaban J connectivity index is 1.74. The highest BCUT2D eigenvalue weighted by Crippen LogP contribution is 2.21. The van der Waals surface area contributed by atoms with Gasteiger partial charge in [-0.25, -0.2) is 13.4 Å². The molecule has 0 aliphatic heterocycles. The summed E-state index contributed by atoms with van der Waals surface area (Å²) in [5.41, 5.74) is 2.08. The highest BCUT2D eigenvalue weighted by Gasteiger charge is 2.14. The predicted molar refractivity (Wildman–Crippen MR) is 121 cm³/mol. The van der Waals surface area contributed by atoms with Crippen LogP contribution in [0.25, 0.3) is 0 Å². The molecule has 0 fully saturated rings. The van der Waals surface area contributed by atoms with Gasteiger partial charge in [0, 0.05) is 40.8 Å². The molecule has 0 saturated heterocycles. The van der Waals surface area contributed by atoms with Gasteiger partial charge >= 0.3 is 0 Å². The Hall–Kier alpha value is -2.40. The number of aryl methyl sites for hydroxylation is 1. The summed E-state index contributed by atoms with van der Waals surface area (Å²) >= 11 is 2.13. The molecule has 0 saturated carbocycles. The average Bonchev–Trinajstić information content (AvgIpc) is 2.63. The molecule has 3 rings (SSSR count). The van der Waals surface area contributed by atoms with Gasteiger partial charge in [-0.15, -0.1) is 0 Å². The van der Waals surface area contributed by atoms with E-state index in [-0.39, 0.29) is 4.90 Å². The topological polar surface area (TPSA) is 87.2 Å². The molecular weight excluding hydrogens is 489 g/mol. The van der Waals surface area contributed by atoms with Crippen molar-refractivity contribution in [3.63, 3.8) is 0 Å². The second-order valence-corrected chi connectivity index (χ2v) is 9.28. The van der Waals surface area contributed by atoms with E-state index >= 15 is 0 Å². The Bertz CT molecular complexity index is 1070. The molecule has 2 N–H and O–H groups in total. The first-order valence-electron chi connectivity index (χ1n) is 8.41. The summed E-state index contributed by atoms with van der Waals surface area (Å²) in [6, 6.07) is 15.5. The summed E-state index contributed by atoms with van der Waals surface area (Å²) in [6.07, 6.45) is 0. The highest BCUT2D eigenvalue weighted by atomic mass is 127. The van der Waals surface area contributed by atoms with Gasteiger partial charge in [0.15, 0.2) is 0 Å². The van der Waals surface area contributed by atoms with E-state index < -0.39 is 10.0 Å². The summed E-state index contributed by atoms with van der Waals surface area (Å²) < 4.78 is 28.5. The molecule has 0 bridgehead atoms. The number of nitrogens with zero attached hydrogens (tertiary/aromatic N) is 3. The maximum absolute atomic E-state index is 12.5. The number of halogens is 1. The van der Waals surface area contributed by atoms with Crippen molar-refractivity contribution in [2.45, 2.75) is 11.8 Å². The summed E-state index contributed by atoms with van der Waals surface area (Å²) in [6.45, 7) is 1.91. The standard InChI is InChI=1S/C19H20IN5O2S/c1-13-12-18(25(2)3)23-19(21-13)22-15-6-8-16(9-7-15)24-28(26,27)17-10-4-14(20)5-11-17/h4-12,24H,1-3H3,(H,21,22,23). The minimum Gasteiger partial charge on any atom is -0.363 e. The van der Waals surface area contributed by atoms with E-state index in [1.165, 1.54) is 0 Å². The minimum absolute atomic E-state index is 0.222. The van der Waals surface area contributed by atoms with Gasteiger partial charge < -0.3 is 10.2 Å². The van der Waals surface area contributed by atoms with E-state index in [1.54, 1.807) is 48.5 Å². The molecule has 0 aliphatic rings. The van der Waals surface area contributed by atoms with Crippen LogP contribution in [0.1, 0.15) is 5.69 Å². The molecule has 0 amide bonds. The lowest BCUT2D eigenvalue weighted by molar-refractivity contribution is 0.601. The lowest BCUT2D eigenvalue weighted by Gasteiger charge is -2.14. The molecule has 0 unspecified atom stereocenters. The van der Waals surface area contributed by atoms with Gasteiger partial charge in [-0.05, 0) is 78.0 Å². The van der Waals surface area contributed by atoms with Crippen molar-refractivity contribution < 1.29 is 8.42 Å². The van der Waals surface area contributed by atoms with Crippen LogP contribution in [-0.4, -0.2) is 32.5 Å². The van der Waals surface area contributed by atoms with E-state index in [9.17, 15) is 8.42 Å². The van der Waals surface area contributed by atoms with Gasteiger partial charge in [0.25, 0.3) is 10.0 Å². The van der Waals surface area contributed by atoms with Crippen molar-refractivity contribution in [3.05, 3.63) is 63.9 Å². The first-order chi connectivity index (χ1) is 13.2. The van der Waals surface area contributed by atoms with Crippen LogP contribution in [-0.2, 0) is 10.0 Å². The molecule has 1 heterocycles. The third-order valence-electron chi connectivity index (χ3n) is 3.82. The smallest absolute Gasteiger partial charge is 0.261 e. The summed E-state index contributed by atoms with van der Waals surface area (Å²) in [4.78, 5) is 11.0. The molecule has 7 nitrogen and oxygen atoms in total. The molecule has 0 aliphatic carbocycles. The van der Waals surface area contributed by atoms with Crippen molar-refractivity contribution in [3.8, 4) is 0 Å². The lowest BCUT2D eigenvalue weighted by Crippen LogP contribution is -2.13. The summed E-state index contributed by atoms with van der Waals surface area (Å²) in [7, 11) is 0.207. The largest absolute Gasteiger partial charge is 0.363 e. The third-order valence-corrected chi connectivity index (χ3v) is 5.93. The molecule has 2 aromatic carbocycles. The number of rotatable bonds is 6. The second kappa shape index (κ2) is 8.31. The van der Waals surface area contributed by atoms with Crippen LogP contribution >= 0.6 is 22.6 Å². The monoisotopic (exact) mass is 509 g/mol. The maximum Gasteiger partial charge on any atom is 0.261 e. The SMILES string of the molecule is Cc1cc(N(C)C)nc(Nc2ccc(NS(=O)(=O)c3ccc(I)cc3)cc2)n1. The molecule has 28 heavy (non-hydrogen) atoms. The predicted octanol–water partition coefficient (Wildman–Crippen LogP) is 4.00. The maximum atomic E-state index is 12.5. The van der Waals surface area contributed by atoms with Gasteiger partial charge in [0.05, 0.1) is 4.90 Å². The normalized spacial score (nSPS) is 11.1. The molecule has 0 spiro atoms. The minimum atomic E-state index is -3.63. The Morgan fingerprint density at radius 1 is 0.929 bits per heavy atom. The van der Waals surface area contributed by atoms with Gasteiger partial charge in [0.2, 0.25) is 5.95 Å². The van der Waals surface area contributed by atoms with Crippen LogP contribution in [0.15, 0.2) is 59.5 Å². The first kappa shape index (κ1) is 20.3. The number of benzene rings is 2. The number of nitrogens with one attached hydrogen (secondary N) is 2. The van der Waals surface area contributed by atoms with Crippen molar-refractivity contribution >= 4 is 55.8 Å². The fourth-order valence-corrected chi connectivity index (χ4v) is 3.83. The van der Waals surface area contributed by atoms with E-state index in [0.29, 0.717) is 11.6 Å². The lowest BCUT2D eigenvalue weighted by atomic mass is 10.3. The first-order valence-corrected chi connectivity index (χ1v) is 11.0. The molecule has 9 heteroatoms. The zero-order valence-electron chi connectivity index (χ0n) is 15.6. The number of hydrogen-bond acceptors (Lipinski definition) is 6. The van der Waals surface area contributed by atoms with Gasteiger partial charge in [-0.1, -0.05) is 0 Å². The fourth-order valence-electron chi connectivity index (χ4n) is 2.42. The van der Waals surface area contributed by atoms with Gasteiger partial charge in [0.1, 0.15) is 5.82 Å². The van der Waals surface area contributed by atoms with Crippen molar-refractivity contribution in [1.82, 2.24) is 9.97 Å². The Morgan fingerprint density at radius 3 is 2.14 bits per heavy atom. The zero-order chi connectivity index (χ0) is 20.3. The van der Waals surface area contributed by atoms with Crippen LogP contribution in [0.2, 0.25) is 0 Å². The third kappa shape index (κ3) is 5.10. The van der Waals surface area contributed by atoms with Crippen LogP contribution in [0.4, 0.5) is 23.1 Å². The van der Waals surface area contributed by atoms with Crippen LogP contribution in [0.3, 0.4) is 0 Å². The number of aromatic nitrogens is 2. The van der Waals surface area contributed by atoms with Crippen LogP contribution in [0, 0.1) is 10.5 Å². The molecule has 0 atom stereocenters. The van der Waals surface area contributed by atoms with Crippen molar-refractivity contribution in [1.29, 1.82) is 0 Å². The number of sulfonamides is 1. The Labute approximate surface area is 178 Å². The zero-order valence-corrected chi connectivity index (χ0v) is 18.6. The Kier molecular flexibility index (Phi) is 6.04. The highest BCUT2D eigenvalue weighted by molar-refractivity contribution is 14.1. The molecule has 146 valence electrons. The van der Waals surface area contributed by atoms with Crippen molar-refractivity contribution in [2.75, 3.05) is 29.0 Å². The Morgan fingerprint density at radius 2 is 1.54 bits per heavy atom. The van der Waals surface area contributed by atoms with E-state index in [0.717, 1.165) is 20.8 Å². The van der Waals surface area contributed by atoms with Crippen LogP contribution < -0.4 is 14.9 Å². The number of anilines is 4.